The van der Waals surface area contributed by atoms with Gasteiger partial charge in [0.25, 0.3) is 0 Å². The lowest BCUT2D eigenvalue weighted by atomic mass is 10.3. The van der Waals surface area contributed by atoms with Gasteiger partial charge in [-0.3, -0.25) is 4.79 Å². The molecule has 0 bridgehead atoms. The second-order valence-electron chi connectivity index (χ2n) is 5.36. The van der Waals surface area contributed by atoms with Gasteiger partial charge in [0.1, 0.15) is 0 Å². The Kier molecular flexibility index (Phi) is 6.13. The van der Waals surface area contributed by atoms with Crippen molar-refractivity contribution in [3.8, 4) is 0 Å². The maximum atomic E-state index is 12.6. The fraction of sp³-hybridized carbons (Fsp3) is 0.188. The van der Waals surface area contributed by atoms with E-state index in [9.17, 15) is 21.6 Å². The van der Waals surface area contributed by atoms with E-state index in [1.807, 2.05) is 0 Å². The summed E-state index contributed by atoms with van der Waals surface area (Å²) in [4.78, 5) is 12.2. The third-order valence-electron chi connectivity index (χ3n) is 3.52. The first-order valence-electron chi connectivity index (χ1n) is 7.62. The summed E-state index contributed by atoms with van der Waals surface area (Å²) in [7, 11) is -7.61. The van der Waals surface area contributed by atoms with Crippen LogP contribution in [0.2, 0.25) is 0 Å². The first-order chi connectivity index (χ1) is 12.1. The zero-order valence-electron chi connectivity index (χ0n) is 14.0. The van der Waals surface area contributed by atoms with Crippen molar-refractivity contribution in [3.63, 3.8) is 0 Å². The third-order valence-corrected chi connectivity index (χ3v) is 6.38. The van der Waals surface area contributed by atoms with Gasteiger partial charge in [0.15, 0.2) is 0 Å². The zero-order chi connectivity index (χ0) is 19.4. The fourth-order valence-corrected chi connectivity index (χ4v) is 4.14. The quantitative estimate of drug-likeness (QED) is 0.720. The summed E-state index contributed by atoms with van der Waals surface area (Å²) in [5, 5.41) is 7.53. The van der Waals surface area contributed by atoms with E-state index in [2.05, 4.69) is 5.32 Å². The summed E-state index contributed by atoms with van der Waals surface area (Å²) in [6.45, 7) is 1.38. The number of nitrogens with one attached hydrogen (secondary N) is 1. The average Bonchev–Trinajstić information content (AvgIpc) is 2.60. The number of nitrogens with two attached hydrogens (primary N) is 1. The van der Waals surface area contributed by atoms with Gasteiger partial charge in [0.05, 0.1) is 16.3 Å². The highest BCUT2D eigenvalue weighted by Crippen LogP contribution is 2.16. The minimum absolute atomic E-state index is 0.0858. The predicted octanol–water partition coefficient (Wildman–Crippen LogP) is 0.983. The number of primary sulfonamides is 1. The Morgan fingerprint density at radius 1 is 0.962 bits per heavy atom. The maximum absolute atomic E-state index is 12.6. The van der Waals surface area contributed by atoms with Crippen molar-refractivity contribution < 1.29 is 21.6 Å². The molecule has 2 aromatic rings. The molecule has 0 aromatic heterocycles. The molecule has 1 amide bonds. The average molecular weight is 397 g/mol. The molecule has 0 unspecified atom stereocenters. The van der Waals surface area contributed by atoms with Crippen molar-refractivity contribution in [1.82, 2.24) is 4.31 Å². The Morgan fingerprint density at radius 3 is 2.04 bits per heavy atom. The highest BCUT2D eigenvalue weighted by Gasteiger charge is 2.25. The minimum Gasteiger partial charge on any atom is -0.325 e. The van der Waals surface area contributed by atoms with Gasteiger partial charge in [-0.05, 0) is 36.4 Å². The van der Waals surface area contributed by atoms with Crippen molar-refractivity contribution in [2.45, 2.75) is 16.7 Å². The molecule has 0 saturated carbocycles. The minimum atomic E-state index is -3.82. The number of nitrogens with zero attached hydrogens (tertiary/aromatic N) is 1. The summed E-state index contributed by atoms with van der Waals surface area (Å²) < 4.78 is 48.6. The number of benzene rings is 2. The Bertz CT molecular complexity index is 972. The molecule has 8 nitrogen and oxygen atoms in total. The summed E-state index contributed by atoms with van der Waals surface area (Å²) in [5.41, 5.74) is 0.329. The predicted molar refractivity (Wildman–Crippen MR) is 97.3 cm³/mol. The van der Waals surface area contributed by atoms with E-state index >= 15 is 0 Å². The van der Waals surface area contributed by atoms with Crippen molar-refractivity contribution in [3.05, 3.63) is 54.6 Å². The van der Waals surface area contributed by atoms with Crippen LogP contribution in [-0.4, -0.2) is 40.1 Å². The lowest BCUT2D eigenvalue weighted by Crippen LogP contribution is -2.37. The van der Waals surface area contributed by atoms with Gasteiger partial charge >= 0.3 is 0 Å². The molecule has 2 rings (SSSR count). The second-order valence-corrected chi connectivity index (χ2v) is 8.86. The van der Waals surface area contributed by atoms with Crippen LogP contribution >= 0.6 is 0 Å². The molecule has 0 radical (unpaired) electrons. The topological polar surface area (TPSA) is 127 Å². The lowest BCUT2D eigenvalue weighted by molar-refractivity contribution is -0.116. The summed E-state index contributed by atoms with van der Waals surface area (Å²) >= 11 is 0. The van der Waals surface area contributed by atoms with Crippen LogP contribution in [0.4, 0.5) is 5.69 Å². The monoisotopic (exact) mass is 397 g/mol. The lowest BCUT2D eigenvalue weighted by Gasteiger charge is -2.20. The normalized spacial score (nSPS) is 12.1. The van der Waals surface area contributed by atoms with Crippen LogP contribution in [0, 0.1) is 0 Å². The molecule has 0 atom stereocenters. The van der Waals surface area contributed by atoms with Crippen LogP contribution in [0.5, 0.6) is 0 Å². The van der Waals surface area contributed by atoms with E-state index in [1.54, 1.807) is 25.1 Å². The highest BCUT2D eigenvalue weighted by molar-refractivity contribution is 7.89. The van der Waals surface area contributed by atoms with Gasteiger partial charge in [0.2, 0.25) is 26.0 Å². The third kappa shape index (κ3) is 4.88. The van der Waals surface area contributed by atoms with Gasteiger partial charge in [-0.15, -0.1) is 0 Å². The number of rotatable bonds is 7. The molecule has 0 fully saturated rings. The largest absolute Gasteiger partial charge is 0.325 e. The molecule has 3 N–H and O–H groups in total. The number of carbonyl (C=O) groups is 1. The Balaban J connectivity index is 2.10. The first-order valence-corrected chi connectivity index (χ1v) is 10.6. The van der Waals surface area contributed by atoms with Gasteiger partial charge in [-0.2, -0.15) is 4.31 Å². The van der Waals surface area contributed by atoms with E-state index in [4.69, 9.17) is 5.14 Å². The Morgan fingerprint density at radius 2 is 1.54 bits per heavy atom. The summed E-state index contributed by atoms with van der Waals surface area (Å²) in [6.07, 6.45) is 0. The summed E-state index contributed by atoms with van der Waals surface area (Å²) in [6, 6.07) is 13.1. The molecule has 26 heavy (non-hydrogen) atoms. The first kappa shape index (κ1) is 20.0. The van der Waals surface area contributed by atoms with Crippen molar-refractivity contribution in [1.29, 1.82) is 0 Å². The van der Waals surface area contributed by atoms with E-state index in [1.165, 1.54) is 36.4 Å². The van der Waals surface area contributed by atoms with Crippen molar-refractivity contribution in [2.75, 3.05) is 18.4 Å². The number of sulfonamides is 2. The zero-order valence-corrected chi connectivity index (χ0v) is 15.6. The van der Waals surface area contributed by atoms with Gasteiger partial charge in [0, 0.05) is 12.2 Å². The van der Waals surface area contributed by atoms with Crippen LogP contribution in [0.25, 0.3) is 0 Å². The number of hydrogen-bond donors (Lipinski definition) is 2. The van der Waals surface area contributed by atoms with Crippen molar-refractivity contribution in [2.24, 2.45) is 5.14 Å². The molecule has 2 aromatic carbocycles. The molecular formula is C16H19N3O5S2. The number of anilines is 1. The van der Waals surface area contributed by atoms with Crippen LogP contribution in [-0.2, 0) is 24.8 Å². The molecule has 0 aliphatic heterocycles. The Labute approximate surface area is 152 Å². The molecule has 0 saturated heterocycles. The van der Waals surface area contributed by atoms with Crippen LogP contribution < -0.4 is 10.5 Å². The molecule has 0 spiro atoms. The molecule has 0 heterocycles. The van der Waals surface area contributed by atoms with Crippen molar-refractivity contribution >= 4 is 31.6 Å². The number of likely N-dealkylation sites (N-methyl/N-ethyl adjacent to an activating group) is 1. The smallest absolute Gasteiger partial charge is 0.243 e. The fourth-order valence-electron chi connectivity index (χ4n) is 2.20. The standard InChI is InChI=1S/C16H19N3O5S2/c1-2-19(26(23,24)15-6-4-3-5-7-15)12-16(20)18-13-8-10-14(11-9-13)25(17,21)22/h3-11H,2,12H2,1H3,(H,18,20)(H2,17,21,22). The Hall–Kier alpha value is -2.27. The molecule has 0 aliphatic rings. The van der Waals surface area contributed by atoms with E-state index in [0.717, 1.165) is 4.31 Å². The van der Waals surface area contributed by atoms with Gasteiger partial charge in [-0.25, -0.2) is 22.0 Å². The van der Waals surface area contributed by atoms with E-state index in [0.29, 0.717) is 5.69 Å². The molecule has 0 aliphatic carbocycles. The number of carbonyl (C=O) groups excluding carboxylic acids is 1. The van der Waals surface area contributed by atoms with E-state index in [-0.39, 0.29) is 22.9 Å². The SMILES string of the molecule is CCN(CC(=O)Nc1ccc(S(N)(=O)=O)cc1)S(=O)(=O)c1ccccc1. The number of hydrogen-bond acceptors (Lipinski definition) is 5. The van der Waals surface area contributed by atoms with Gasteiger partial charge in [-0.1, -0.05) is 25.1 Å². The van der Waals surface area contributed by atoms with Crippen LogP contribution in [0.3, 0.4) is 0 Å². The maximum Gasteiger partial charge on any atom is 0.243 e. The molecular weight excluding hydrogens is 378 g/mol. The second kappa shape index (κ2) is 7.96. The molecule has 140 valence electrons. The van der Waals surface area contributed by atoms with Gasteiger partial charge < -0.3 is 5.32 Å². The number of amides is 1. The van der Waals surface area contributed by atoms with E-state index < -0.39 is 26.0 Å². The van der Waals surface area contributed by atoms with Crippen LogP contribution in [0.15, 0.2) is 64.4 Å². The van der Waals surface area contributed by atoms with Crippen LogP contribution in [0.1, 0.15) is 6.92 Å². The molecule has 10 heteroatoms. The highest BCUT2D eigenvalue weighted by atomic mass is 32.2. The summed E-state index contributed by atoms with van der Waals surface area (Å²) in [5.74, 6) is -0.547.